The van der Waals surface area contributed by atoms with Crippen molar-refractivity contribution in [3.8, 4) is 0 Å². The van der Waals surface area contributed by atoms with Crippen LogP contribution in [0, 0.1) is 0 Å². The van der Waals surface area contributed by atoms with E-state index in [1.54, 1.807) is 0 Å². The third-order valence-corrected chi connectivity index (χ3v) is 3.27. The maximum Gasteiger partial charge on any atom is 0.416 e. The number of β-amino-alcohol motifs (C(OH)–C–C–N with tert-alkyl or cyclic N) is 1. The molecule has 1 aliphatic rings. The number of rotatable bonds is 3. The maximum atomic E-state index is 12.4. The molecule has 0 spiro atoms. The lowest BCUT2D eigenvalue weighted by atomic mass is 10.0. The average Bonchev–Trinajstić information content (AvgIpc) is 2.84. The first-order valence-corrected chi connectivity index (χ1v) is 6.44. The number of carbonyl (C=O) groups excluding carboxylic acids is 1. The average molecular weight is 303 g/mol. The van der Waals surface area contributed by atoms with Crippen LogP contribution < -0.4 is 16.0 Å². The van der Waals surface area contributed by atoms with E-state index in [-0.39, 0.29) is 12.2 Å². The smallest absolute Gasteiger partial charge is 0.387 e. The Labute approximate surface area is 119 Å². The minimum absolute atomic E-state index is 0.0759. The summed E-state index contributed by atoms with van der Waals surface area (Å²) in [6.07, 6.45) is -3.87. The van der Waals surface area contributed by atoms with E-state index in [2.05, 4.69) is 16.0 Å². The molecular formula is C13H16F3N3O2. The zero-order valence-electron chi connectivity index (χ0n) is 11.1. The lowest BCUT2D eigenvalue weighted by Crippen LogP contribution is -2.45. The number of anilines is 1. The lowest BCUT2D eigenvalue weighted by molar-refractivity contribution is -0.137. The number of hydrogen-bond donors (Lipinski definition) is 4. The zero-order valence-corrected chi connectivity index (χ0v) is 11.1. The summed E-state index contributed by atoms with van der Waals surface area (Å²) in [5, 5.41) is 17.9. The summed E-state index contributed by atoms with van der Waals surface area (Å²) < 4.78 is 37.2. The number of hydrogen-bond acceptors (Lipinski definition) is 3. The number of aliphatic hydroxyl groups is 1. The lowest BCUT2D eigenvalue weighted by Gasteiger charge is -2.21. The molecule has 0 bridgehead atoms. The van der Waals surface area contributed by atoms with E-state index in [1.165, 1.54) is 12.1 Å². The quantitative estimate of drug-likeness (QED) is 0.684. The van der Waals surface area contributed by atoms with Crippen molar-refractivity contribution in [1.82, 2.24) is 10.6 Å². The van der Waals surface area contributed by atoms with E-state index in [0.717, 1.165) is 12.1 Å². The molecule has 4 N–H and O–H groups in total. The van der Waals surface area contributed by atoms with Gasteiger partial charge < -0.3 is 21.1 Å². The summed E-state index contributed by atoms with van der Waals surface area (Å²) in [5.41, 5.74) is -1.51. The van der Waals surface area contributed by atoms with E-state index >= 15 is 0 Å². The predicted molar refractivity (Wildman–Crippen MR) is 70.9 cm³/mol. The SMILES string of the molecule is O=C(NCC1(O)CCNC1)Nc1ccc(C(F)(F)F)cc1. The first-order chi connectivity index (χ1) is 9.78. The van der Waals surface area contributed by atoms with Crippen molar-refractivity contribution < 1.29 is 23.1 Å². The molecule has 1 aliphatic heterocycles. The molecule has 1 aromatic rings. The molecule has 0 aliphatic carbocycles. The van der Waals surface area contributed by atoms with Gasteiger partial charge >= 0.3 is 12.2 Å². The van der Waals surface area contributed by atoms with Gasteiger partial charge in [0.2, 0.25) is 0 Å². The molecule has 1 unspecified atom stereocenters. The highest BCUT2D eigenvalue weighted by atomic mass is 19.4. The molecule has 5 nitrogen and oxygen atoms in total. The van der Waals surface area contributed by atoms with Crippen LogP contribution in [0.4, 0.5) is 23.7 Å². The fourth-order valence-corrected chi connectivity index (χ4v) is 2.04. The zero-order chi connectivity index (χ0) is 15.5. The molecule has 1 saturated heterocycles. The summed E-state index contributed by atoms with van der Waals surface area (Å²) in [4.78, 5) is 11.6. The maximum absolute atomic E-state index is 12.4. The number of nitrogens with one attached hydrogen (secondary N) is 3. The van der Waals surface area contributed by atoms with Crippen LogP contribution in [0.1, 0.15) is 12.0 Å². The van der Waals surface area contributed by atoms with Gasteiger partial charge in [-0.05, 0) is 37.2 Å². The molecule has 2 amide bonds. The second-order valence-electron chi connectivity index (χ2n) is 5.03. The number of carbonyl (C=O) groups is 1. The summed E-state index contributed by atoms with van der Waals surface area (Å²) in [6, 6.07) is 3.56. The highest BCUT2D eigenvalue weighted by molar-refractivity contribution is 5.89. The Morgan fingerprint density at radius 3 is 2.52 bits per heavy atom. The van der Waals surface area contributed by atoms with Gasteiger partial charge in [0.25, 0.3) is 0 Å². The molecule has 1 aromatic carbocycles. The first kappa shape index (κ1) is 15.6. The Bertz CT molecular complexity index is 496. The van der Waals surface area contributed by atoms with Crippen molar-refractivity contribution in [2.45, 2.75) is 18.2 Å². The number of alkyl halides is 3. The summed E-state index contributed by atoms with van der Waals surface area (Å²) in [5.74, 6) is 0. The van der Waals surface area contributed by atoms with E-state index < -0.39 is 23.4 Å². The van der Waals surface area contributed by atoms with Gasteiger partial charge in [-0.2, -0.15) is 13.2 Å². The van der Waals surface area contributed by atoms with Crippen molar-refractivity contribution in [3.63, 3.8) is 0 Å². The summed E-state index contributed by atoms with van der Waals surface area (Å²) in [7, 11) is 0. The highest BCUT2D eigenvalue weighted by Crippen LogP contribution is 2.29. The number of benzene rings is 1. The fourth-order valence-electron chi connectivity index (χ4n) is 2.04. The third-order valence-electron chi connectivity index (χ3n) is 3.27. The second kappa shape index (κ2) is 5.90. The van der Waals surface area contributed by atoms with Gasteiger partial charge in [0, 0.05) is 18.8 Å². The Hall–Kier alpha value is -1.80. The van der Waals surface area contributed by atoms with Crippen LogP contribution in [0.15, 0.2) is 24.3 Å². The molecule has 0 aromatic heterocycles. The van der Waals surface area contributed by atoms with Gasteiger partial charge in [-0.15, -0.1) is 0 Å². The summed E-state index contributed by atoms with van der Waals surface area (Å²) >= 11 is 0. The predicted octanol–water partition coefficient (Wildman–Crippen LogP) is 1.55. The van der Waals surface area contributed by atoms with Crippen LogP contribution in [-0.4, -0.2) is 36.4 Å². The van der Waals surface area contributed by atoms with Gasteiger partial charge in [-0.1, -0.05) is 0 Å². The molecule has 116 valence electrons. The number of urea groups is 1. The van der Waals surface area contributed by atoms with Gasteiger partial charge in [0.1, 0.15) is 0 Å². The van der Waals surface area contributed by atoms with Gasteiger partial charge in [0.15, 0.2) is 0 Å². The number of amides is 2. The Kier molecular flexibility index (Phi) is 4.38. The molecule has 8 heteroatoms. The van der Waals surface area contributed by atoms with E-state index in [4.69, 9.17) is 0 Å². The molecule has 0 radical (unpaired) electrons. The Balaban J connectivity index is 1.85. The van der Waals surface area contributed by atoms with Crippen molar-refractivity contribution in [2.24, 2.45) is 0 Å². The summed E-state index contributed by atoms with van der Waals surface area (Å²) in [6.45, 7) is 1.15. The van der Waals surface area contributed by atoms with Crippen LogP contribution in [0.2, 0.25) is 0 Å². The van der Waals surface area contributed by atoms with Gasteiger partial charge in [0.05, 0.1) is 11.2 Å². The normalized spacial score (nSPS) is 22.1. The second-order valence-corrected chi connectivity index (χ2v) is 5.03. The van der Waals surface area contributed by atoms with E-state index in [0.29, 0.717) is 19.5 Å². The van der Waals surface area contributed by atoms with Gasteiger partial charge in [-0.25, -0.2) is 4.79 Å². The van der Waals surface area contributed by atoms with E-state index in [1.807, 2.05) is 0 Å². The van der Waals surface area contributed by atoms with Crippen LogP contribution in [0.25, 0.3) is 0 Å². The van der Waals surface area contributed by atoms with Gasteiger partial charge in [-0.3, -0.25) is 0 Å². The highest BCUT2D eigenvalue weighted by Gasteiger charge is 2.31. The van der Waals surface area contributed by atoms with Crippen LogP contribution in [0.3, 0.4) is 0 Å². The Morgan fingerprint density at radius 2 is 2.00 bits per heavy atom. The minimum atomic E-state index is -4.40. The van der Waals surface area contributed by atoms with Crippen molar-refractivity contribution in [3.05, 3.63) is 29.8 Å². The topological polar surface area (TPSA) is 73.4 Å². The van der Waals surface area contributed by atoms with Crippen molar-refractivity contribution in [2.75, 3.05) is 25.0 Å². The Morgan fingerprint density at radius 1 is 1.33 bits per heavy atom. The largest absolute Gasteiger partial charge is 0.416 e. The standard InChI is InChI=1S/C13H16F3N3O2/c14-13(15,16)9-1-3-10(4-2-9)19-11(20)18-8-12(21)5-6-17-7-12/h1-4,17,21H,5-8H2,(H2,18,19,20). The molecule has 0 saturated carbocycles. The molecule has 21 heavy (non-hydrogen) atoms. The molecule has 2 rings (SSSR count). The van der Waals surface area contributed by atoms with Crippen LogP contribution in [-0.2, 0) is 6.18 Å². The third kappa shape index (κ3) is 4.33. The van der Waals surface area contributed by atoms with Crippen LogP contribution >= 0.6 is 0 Å². The minimum Gasteiger partial charge on any atom is -0.387 e. The molecule has 1 fully saturated rings. The molecule has 1 atom stereocenters. The monoisotopic (exact) mass is 303 g/mol. The number of halogens is 3. The first-order valence-electron chi connectivity index (χ1n) is 6.44. The van der Waals surface area contributed by atoms with E-state index in [9.17, 15) is 23.1 Å². The molecular weight excluding hydrogens is 287 g/mol. The van der Waals surface area contributed by atoms with Crippen molar-refractivity contribution in [1.29, 1.82) is 0 Å². The fraction of sp³-hybridized carbons (Fsp3) is 0.462. The molecule has 1 heterocycles. The van der Waals surface area contributed by atoms with Crippen molar-refractivity contribution >= 4 is 11.7 Å². The van der Waals surface area contributed by atoms with Crippen LogP contribution in [0.5, 0.6) is 0 Å².